The van der Waals surface area contributed by atoms with Crippen LogP contribution in [0.15, 0.2) is 4.79 Å². The van der Waals surface area contributed by atoms with Gasteiger partial charge in [-0.1, -0.05) is 13.8 Å². The van der Waals surface area contributed by atoms with Gasteiger partial charge >= 0.3 is 0 Å². The highest BCUT2D eigenvalue weighted by Crippen LogP contribution is 2.17. The molecule has 1 atom stereocenters. The van der Waals surface area contributed by atoms with Gasteiger partial charge in [-0.2, -0.15) is 0 Å². The summed E-state index contributed by atoms with van der Waals surface area (Å²) < 4.78 is 0. The van der Waals surface area contributed by atoms with Crippen molar-refractivity contribution in [3.63, 3.8) is 0 Å². The lowest BCUT2D eigenvalue weighted by Crippen LogP contribution is -2.18. The standard InChI is InChI=1S/C8H15N3O/c1-4(2)6(9)7-5(3)8(12)11-10-7/h4,6H,9H2,1-3H3,(H2,10,11,12)/t6-/m0/s1. The van der Waals surface area contributed by atoms with Gasteiger partial charge in [0.1, 0.15) is 0 Å². The van der Waals surface area contributed by atoms with Crippen molar-refractivity contribution in [2.75, 3.05) is 0 Å². The van der Waals surface area contributed by atoms with E-state index in [1.807, 2.05) is 13.8 Å². The molecule has 1 heterocycles. The number of rotatable bonds is 2. The van der Waals surface area contributed by atoms with Gasteiger partial charge in [0.05, 0.1) is 5.69 Å². The van der Waals surface area contributed by atoms with E-state index in [1.165, 1.54) is 0 Å². The van der Waals surface area contributed by atoms with Crippen LogP contribution < -0.4 is 11.3 Å². The Labute approximate surface area is 71.2 Å². The summed E-state index contributed by atoms with van der Waals surface area (Å²) in [6, 6.07) is -0.0936. The number of hydrogen-bond donors (Lipinski definition) is 3. The average Bonchev–Trinajstić information content (AvgIpc) is 2.32. The summed E-state index contributed by atoms with van der Waals surface area (Å²) >= 11 is 0. The fraction of sp³-hybridized carbons (Fsp3) is 0.625. The molecule has 1 aromatic rings. The molecule has 0 unspecified atom stereocenters. The predicted octanol–water partition coefficient (Wildman–Crippen LogP) is 0.667. The molecule has 1 rings (SSSR count). The van der Waals surface area contributed by atoms with Crippen molar-refractivity contribution in [2.24, 2.45) is 11.7 Å². The summed E-state index contributed by atoms with van der Waals surface area (Å²) in [6.07, 6.45) is 0. The Kier molecular flexibility index (Phi) is 2.38. The van der Waals surface area contributed by atoms with E-state index in [0.717, 1.165) is 5.69 Å². The summed E-state index contributed by atoms with van der Waals surface area (Å²) in [5, 5.41) is 5.30. The summed E-state index contributed by atoms with van der Waals surface area (Å²) in [7, 11) is 0. The Balaban J connectivity index is 3.03. The van der Waals surface area contributed by atoms with Crippen molar-refractivity contribution < 1.29 is 0 Å². The lowest BCUT2D eigenvalue weighted by atomic mass is 10.00. The van der Waals surface area contributed by atoms with Crippen LogP contribution in [0.4, 0.5) is 0 Å². The number of hydrogen-bond acceptors (Lipinski definition) is 2. The minimum absolute atomic E-state index is 0.0823. The Morgan fingerprint density at radius 2 is 1.92 bits per heavy atom. The molecule has 4 heteroatoms. The molecule has 4 N–H and O–H groups in total. The summed E-state index contributed by atoms with van der Waals surface area (Å²) in [6.45, 7) is 5.82. The summed E-state index contributed by atoms with van der Waals surface area (Å²) in [5.74, 6) is 0.329. The van der Waals surface area contributed by atoms with Crippen molar-refractivity contribution >= 4 is 0 Å². The van der Waals surface area contributed by atoms with Crippen LogP contribution in [0.3, 0.4) is 0 Å². The maximum absolute atomic E-state index is 11.0. The van der Waals surface area contributed by atoms with Gasteiger partial charge in [0, 0.05) is 11.6 Å². The number of aromatic nitrogens is 2. The maximum Gasteiger partial charge on any atom is 0.267 e. The van der Waals surface area contributed by atoms with Gasteiger partial charge in [0.15, 0.2) is 0 Å². The molecule has 1 aromatic heterocycles. The molecule has 0 aliphatic heterocycles. The SMILES string of the molecule is Cc1c([C@@H](N)C(C)C)[nH][nH]c1=O. The highest BCUT2D eigenvalue weighted by Gasteiger charge is 2.15. The van der Waals surface area contributed by atoms with Crippen LogP contribution in [-0.4, -0.2) is 10.2 Å². The van der Waals surface area contributed by atoms with Gasteiger partial charge in [-0.15, -0.1) is 0 Å². The Hall–Kier alpha value is -1.03. The zero-order valence-corrected chi connectivity index (χ0v) is 7.64. The normalized spacial score (nSPS) is 13.8. The zero-order valence-electron chi connectivity index (χ0n) is 7.64. The van der Waals surface area contributed by atoms with Gasteiger partial charge < -0.3 is 10.8 Å². The molecule has 4 nitrogen and oxygen atoms in total. The number of H-pyrrole nitrogens is 2. The van der Waals surface area contributed by atoms with E-state index in [9.17, 15) is 4.79 Å². The van der Waals surface area contributed by atoms with Crippen molar-refractivity contribution in [3.05, 3.63) is 21.6 Å². The zero-order chi connectivity index (χ0) is 9.30. The van der Waals surface area contributed by atoms with E-state index in [4.69, 9.17) is 5.73 Å². The molecule has 0 aliphatic carbocycles. The molecule has 0 saturated carbocycles. The van der Waals surface area contributed by atoms with Crippen LogP contribution in [0.1, 0.15) is 31.1 Å². The molecule has 0 bridgehead atoms. The molecular weight excluding hydrogens is 154 g/mol. The Morgan fingerprint density at radius 1 is 1.33 bits per heavy atom. The second-order valence-electron chi connectivity index (χ2n) is 3.39. The molecule has 0 radical (unpaired) electrons. The van der Waals surface area contributed by atoms with Crippen molar-refractivity contribution in [2.45, 2.75) is 26.8 Å². The smallest absolute Gasteiger partial charge is 0.267 e. The van der Waals surface area contributed by atoms with E-state index in [1.54, 1.807) is 6.92 Å². The van der Waals surface area contributed by atoms with E-state index in [-0.39, 0.29) is 11.6 Å². The van der Waals surface area contributed by atoms with Gasteiger partial charge in [0.2, 0.25) is 0 Å². The van der Waals surface area contributed by atoms with Crippen LogP contribution in [0.5, 0.6) is 0 Å². The highest BCUT2D eigenvalue weighted by atomic mass is 16.1. The fourth-order valence-electron chi connectivity index (χ4n) is 1.10. The third-order valence-electron chi connectivity index (χ3n) is 2.11. The molecule has 0 fully saturated rings. The highest BCUT2D eigenvalue weighted by molar-refractivity contribution is 5.18. The topological polar surface area (TPSA) is 74.7 Å². The van der Waals surface area contributed by atoms with E-state index >= 15 is 0 Å². The summed E-state index contributed by atoms with van der Waals surface area (Å²) in [5.41, 5.74) is 7.29. The predicted molar refractivity (Wildman–Crippen MR) is 47.9 cm³/mol. The van der Waals surface area contributed by atoms with E-state index in [0.29, 0.717) is 11.5 Å². The molecule has 0 aliphatic rings. The van der Waals surface area contributed by atoms with Gasteiger partial charge in [0.25, 0.3) is 5.56 Å². The fourth-order valence-corrected chi connectivity index (χ4v) is 1.10. The number of nitrogens with two attached hydrogens (primary N) is 1. The lowest BCUT2D eigenvalue weighted by Gasteiger charge is -2.13. The molecule has 12 heavy (non-hydrogen) atoms. The van der Waals surface area contributed by atoms with Crippen molar-refractivity contribution in [1.29, 1.82) is 0 Å². The third-order valence-corrected chi connectivity index (χ3v) is 2.11. The maximum atomic E-state index is 11.0. The van der Waals surface area contributed by atoms with E-state index < -0.39 is 0 Å². The van der Waals surface area contributed by atoms with E-state index in [2.05, 4.69) is 10.2 Å². The third kappa shape index (κ3) is 1.43. The molecular formula is C8H15N3O. The Morgan fingerprint density at radius 3 is 2.25 bits per heavy atom. The van der Waals surface area contributed by atoms with Gasteiger partial charge in [-0.05, 0) is 12.8 Å². The van der Waals surface area contributed by atoms with Gasteiger partial charge in [-0.3, -0.25) is 9.89 Å². The average molecular weight is 169 g/mol. The first-order valence-corrected chi connectivity index (χ1v) is 4.06. The second kappa shape index (κ2) is 3.15. The van der Waals surface area contributed by atoms with Crippen LogP contribution in [0, 0.1) is 12.8 Å². The minimum Gasteiger partial charge on any atom is -0.322 e. The minimum atomic E-state index is -0.0936. The Bertz CT molecular complexity index is 310. The first kappa shape index (κ1) is 9.06. The second-order valence-corrected chi connectivity index (χ2v) is 3.39. The van der Waals surface area contributed by atoms with Crippen LogP contribution in [0.2, 0.25) is 0 Å². The first-order valence-electron chi connectivity index (χ1n) is 4.06. The largest absolute Gasteiger partial charge is 0.322 e. The number of aromatic amines is 2. The summed E-state index contributed by atoms with van der Waals surface area (Å²) in [4.78, 5) is 11.0. The van der Waals surface area contributed by atoms with Crippen LogP contribution >= 0.6 is 0 Å². The lowest BCUT2D eigenvalue weighted by molar-refractivity contribution is 0.500. The quantitative estimate of drug-likeness (QED) is 0.608. The molecule has 0 saturated heterocycles. The number of nitrogens with one attached hydrogen (secondary N) is 2. The molecule has 68 valence electrons. The molecule has 0 amide bonds. The van der Waals surface area contributed by atoms with Crippen molar-refractivity contribution in [1.82, 2.24) is 10.2 Å². The molecule has 0 aromatic carbocycles. The van der Waals surface area contributed by atoms with Crippen LogP contribution in [0.25, 0.3) is 0 Å². The monoisotopic (exact) mass is 169 g/mol. The van der Waals surface area contributed by atoms with Crippen molar-refractivity contribution in [3.8, 4) is 0 Å². The molecule has 0 spiro atoms. The van der Waals surface area contributed by atoms with Gasteiger partial charge in [-0.25, -0.2) is 0 Å². The van der Waals surface area contributed by atoms with Crippen LogP contribution in [-0.2, 0) is 0 Å². The first-order chi connectivity index (χ1) is 5.54.